The van der Waals surface area contributed by atoms with E-state index in [2.05, 4.69) is 5.32 Å². The highest BCUT2D eigenvalue weighted by Crippen LogP contribution is 2.45. The quantitative estimate of drug-likeness (QED) is 0.0119. The van der Waals surface area contributed by atoms with E-state index in [0.29, 0.717) is 81.6 Å². The summed E-state index contributed by atoms with van der Waals surface area (Å²) in [6, 6.07) is 35.8. The van der Waals surface area contributed by atoms with Gasteiger partial charge >= 0.3 is 47.8 Å². The number of halogens is 6. The van der Waals surface area contributed by atoms with Crippen LogP contribution in [0.4, 0.5) is 26.3 Å². The number of ether oxygens (including phenoxy) is 7. The van der Waals surface area contributed by atoms with Gasteiger partial charge in [0, 0.05) is 143 Å². The molecule has 13 rings (SSSR count). The molecule has 5 fully saturated rings. The summed E-state index contributed by atoms with van der Waals surface area (Å²) < 4.78 is 118. The van der Waals surface area contributed by atoms with E-state index >= 15 is 0 Å². The zero-order chi connectivity index (χ0) is 97.0. The molecular weight excluding hydrogens is 1940 g/mol. The van der Waals surface area contributed by atoms with Crippen molar-refractivity contribution in [3.8, 4) is 62.1 Å². The van der Waals surface area contributed by atoms with E-state index in [-0.39, 0.29) is 106 Å². The van der Waals surface area contributed by atoms with Gasteiger partial charge in [-0.05, 0) is 217 Å². The first-order chi connectivity index (χ1) is 65.2. The predicted octanol–water partition coefficient (Wildman–Crippen LogP) is 26.1. The van der Waals surface area contributed by atoms with Crippen molar-refractivity contribution in [2.24, 2.45) is 0 Å². The zero-order valence-corrected chi connectivity index (χ0v) is 83.7. The van der Waals surface area contributed by atoms with Crippen LogP contribution in [0.3, 0.4) is 0 Å². The molecule has 0 aliphatic carbocycles. The molecule has 0 spiro atoms. The molecule has 8 aromatic carbocycles. The first kappa shape index (κ1) is 110. The number of amides is 2. The van der Waals surface area contributed by atoms with Gasteiger partial charge in [0.25, 0.3) is 11.8 Å². The summed E-state index contributed by atoms with van der Waals surface area (Å²) in [5, 5.41) is 15.5. The molecule has 8 aromatic rings. The lowest BCUT2D eigenvalue weighted by Gasteiger charge is -2.14. The zero-order valence-electron chi connectivity index (χ0n) is 75.5. The summed E-state index contributed by atoms with van der Waals surface area (Å²) in [5.74, 6) is -2.67. The fourth-order valence-corrected chi connectivity index (χ4v) is 29.2. The molecule has 0 radical (unpaired) electrons. The molecule has 0 saturated carbocycles. The smallest absolute Gasteiger partial charge is 0.341 e. The predicted molar refractivity (Wildman–Crippen MR) is 537 cm³/mol. The molecule has 2 N–H and O–H groups in total. The largest absolute Gasteiger partial charge is 0.478 e. The van der Waals surface area contributed by atoms with Crippen LogP contribution in [0.2, 0.25) is 0 Å². The van der Waals surface area contributed by atoms with Crippen LogP contribution in [0.25, 0.3) is 33.4 Å². The number of aromatic carboxylic acids is 1. The summed E-state index contributed by atoms with van der Waals surface area (Å²) in [7, 11) is 25.3. The minimum Gasteiger partial charge on any atom is -0.478 e. The standard InChI is InChI=1S/C23H24F2O4S2.C22H22F2O4S2.C21H20F2O4S2.C17H23NO3S2.C16H21NO3S2/c1-2-28-23(27)19-13-15(18-9-8-16(24)14-20(18)25)7-10-21(19)29-22(26)6-4-3-5-17-11-12-30-31-17;1-27-22(26)18-12-14(17-8-7-15(23)13-19(17)24)6-9-20(18)28-21(25)5-3-2-4-16-10-11-29-30-16;22-14-6-7-16(18(23)12-14)13-5-8-19(17(11-13)21(25)26)27-20(24)4-2-1-3-15-9-10-28-29-15;1-18(2)17(20)14-8-4-5-9-15(14)21-16(19)10-6-3-7-13-11-12-22-23-13;1-17-16(19)13-7-3-4-8-14(13)20-15(18)9-5-2-6-12-10-11-21-22-12/h7-10,13-14,17H,2-6,11-12H2,1H3;6-9,12-13,16H,2-5,10-11H2,1H3;5-8,11-12,15H,1-4,9-10H2,(H,25,26);4-5,8-9,13H,3,6-7,10-12H2,1-2H3;3-4,7-8,12H,2,5-6,9-11H2,1H3,(H,17,19)/t;;;13-;12-/m...00/s1. The van der Waals surface area contributed by atoms with Crippen molar-refractivity contribution >= 4 is 168 Å². The molecule has 0 bridgehead atoms. The molecule has 20 nitrogen and oxygen atoms in total. The average molecular weight is 2050 g/mol. The third-order valence-corrected chi connectivity index (χ3v) is 36.3. The van der Waals surface area contributed by atoms with E-state index in [9.17, 15) is 79.4 Å². The third-order valence-electron chi connectivity index (χ3n) is 21.2. The minimum atomic E-state index is -1.30. The summed E-state index contributed by atoms with van der Waals surface area (Å²) in [6.45, 7) is 1.80. The number of benzene rings is 8. The van der Waals surface area contributed by atoms with E-state index in [1.807, 2.05) is 108 Å². The molecule has 726 valence electrons. The monoisotopic (exact) mass is 2050 g/mol. The normalized spacial score (nSPS) is 16.2. The van der Waals surface area contributed by atoms with Gasteiger partial charge in [-0.3, -0.25) is 33.6 Å². The van der Waals surface area contributed by atoms with Gasteiger partial charge in [-0.1, -0.05) is 183 Å². The van der Waals surface area contributed by atoms with Crippen molar-refractivity contribution in [3.05, 3.63) is 220 Å². The van der Waals surface area contributed by atoms with E-state index in [1.54, 1.807) is 76.6 Å². The number of para-hydroxylation sites is 2. The second kappa shape index (κ2) is 59.7. The van der Waals surface area contributed by atoms with Gasteiger partial charge in [0.05, 0.1) is 24.8 Å². The fraction of sp³-hybridized carbons (Fsp3) is 0.414. The Morgan fingerprint density at radius 2 is 0.652 bits per heavy atom. The Morgan fingerprint density at radius 1 is 0.363 bits per heavy atom. The molecule has 5 aliphatic rings. The number of methoxy groups -OCH3 is 1. The average Bonchev–Trinajstić information content (AvgIpc) is 1.68. The van der Waals surface area contributed by atoms with Crippen LogP contribution in [0, 0.1) is 34.9 Å². The molecule has 5 heterocycles. The molecule has 135 heavy (non-hydrogen) atoms. The van der Waals surface area contributed by atoms with Crippen LogP contribution < -0.4 is 29.0 Å². The maximum absolute atomic E-state index is 14.2. The minimum absolute atomic E-state index is 0.00598. The molecular formula is C99H110F6N2O18S10. The van der Waals surface area contributed by atoms with E-state index in [4.69, 9.17) is 33.2 Å². The number of carbonyl (C=O) groups excluding carboxylic acids is 9. The Bertz CT molecular complexity index is 5270. The van der Waals surface area contributed by atoms with E-state index in [0.717, 1.165) is 111 Å². The highest BCUT2D eigenvalue weighted by Gasteiger charge is 2.28. The number of rotatable bonds is 39. The lowest BCUT2D eigenvalue weighted by atomic mass is 10.0. The summed E-state index contributed by atoms with van der Waals surface area (Å²) in [5.41, 5.74) is 1.87. The number of carboxylic acids is 1. The van der Waals surface area contributed by atoms with Crippen molar-refractivity contribution < 1.29 is 113 Å². The van der Waals surface area contributed by atoms with Crippen molar-refractivity contribution in [1.29, 1.82) is 0 Å². The fourth-order valence-electron chi connectivity index (χ4n) is 14.1. The third kappa shape index (κ3) is 38.0. The van der Waals surface area contributed by atoms with Crippen LogP contribution >= 0.6 is 108 Å². The number of unbranched alkanes of at least 4 members (excludes halogenated alkanes) is 5. The van der Waals surface area contributed by atoms with Crippen LogP contribution in [-0.2, 0) is 33.4 Å². The van der Waals surface area contributed by atoms with Crippen LogP contribution in [0.5, 0.6) is 28.7 Å². The molecule has 5 atom stereocenters. The van der Waals surface area contributed by atoms with E-state index in [1.165, 1.54) is 159 Å². The summed E-state index contributed by atoms with van der Waals surface area (Å²) >= 11 is 0. The molecule has 2 amide bonds. The van der Waals surface area contributed by atoms with Crippen LogP contribution in [-0.4, -0.2) is 159 Å². The second-order valence-corrected chi connectivity index (χ2v) is 45.5. The van der Waals surface area contributed by atoms with Crippen molar-refractivity contribution in [2.45, 2.75) is 194 Å². The number of esters is 7. The molecule has 0 aromatic heterocycles. The molecule has 3 unspecified atom stereocenters. The number of hydrogen-bond donors (Lipinski definition) is 2. The SMILES string of the molecule is CCOC(=O)c1cc(-c2ccc(F)cc2F)ccc1OC(=O)CCCCC1CCSS1.CN(C)C(=O)c1ccccc1OC(=O)CCCC[C@H]1CCSS1.CNC(=O)c1ccccc1OC(=O)CCCC[C@H]1CCSS1.COC(=O)c1cc(-c2ccc(F)cc2F)ccc1OC(=O)CCCCC1CCSS1.O=C(CCCCC1CCSS1)Oc1ccc(-c2ccc(F)cc2F)cc1C(=O)O. The van der Waals surface area contributed by atoms with Gasteiger partial charge < -0.3 is 48.5 Å². The van der Waals surface area contributed by atoms with Crippen LogP contribution in [0.15, 0.2) is 158 Å². The Morgan fingerprint density at radius 3 is 0.933 bits per heavy atom. The molecule has 5 aliphatic heterocycles. The number of carboxylic acid groups (broad SMARTS) is 1. The topological polar surface area (TPSA) is 271 Å². The van der Waals surface area contributed by atoms with Gasteiger partial charge in [0.2, 0.25) is 0 Å². The van der Waals surface area contributed by atoms with Crippen molar-refractivity contribution in [3.63, 3.8) is 0 Å². The molecule has 5 saturated heterocycles. The number of carbonyl (C=O) groups is 10. The van der Waals surface area contributed by atoms with Gasteiger partial charge in [0.1, 0.15) is 80.3 Å². The number of hydrogen-bond acceptors (Lipinski definition) is 27. The van der Waals surface area contributed by atoms with Crippen LogP contribution in [0.1, 0.15) is 219 Å². The second-order valence-electron chi connectivity index (χ2n) is 31.5. The lowest BCUT2D eigenvalue weighted by Crippen LogP contribution is -2.23. The maximum Gasteiger partial charge on any atom is 0.341 e. The number of nitrogens with one attached hydrogen (secondary N) is 1. The Labute approximate surface area is 823 Å². The first-order valence-corrected chi connectivity index (χ1v) is 56.4. The lowest BCUT2D eigenvalue weighted by molar-refractivity contribution is -0.135. The summed E-state index contributed by atoms with van der Waals surface area (Å²) in [4.78, 5) is 122. The van der Waals surface area contributed by atoms with Gasteiger partial charge in [0.15, 0.2) is 0 Å². The van der Waals surface area contributed by atoms with Gasteiger partial charge in [-0.25, -0.2) is 40.7 Å². The van der Waals surface area contributed by atoms with Crippen molar-refractivity contribution in [2.75, 3.05) is 63.6 Å². The molecule has 36 heteroatoms. The Kier molecular flexibility index (Phi) is 48.8. The summed E-state index contributed by atoms with van der Waals surface area (Å²) in [6.07, 6.45) is 21.9. The highest BCUT2D eigenvalue weighted by molar-refractivity contribution is 8.78. The van der Waals surface area contributed by atoms with Gasteiger partial charge in [-0.2, -0.15) is 0 Å². The Hall–Kier alpha value is -8.46. The Balaban J connectivity index is 0.000000191. The van der Waals surface area contributed by atoms with Gasteiger partial charge in [-0.15, -0.1) is 0 Å². The van der Waals surface area contributed by atoms with Crippen molar-refractivity contribution in [1.82, 2.24) is 10.2 Å². The number of nitrogens with zero attached hydrogens (tertiary/aromatic N) is 1. The first-order valence-electron chi connectivity index (χ1n) is 44.5. The maximum atomic E-state index is 14.2. The highest BCUT2D eigenvalue weighted by atomic mass is 33.1. The van der Waals surface area contributed by atoms with E-state index < -0.39 is 70.7 Å².